The van der Waals surface area contributed by atoms with Crippen LogP contribution in [0.2, 0.25) is 0 Å². The van der Waals surface area contributed by atoms with Gasteiger partial charge < -0.3 is 10.8 Å². The third kappa shape index (κ3) is 3.11. The molecule has 0 fully saturated rings. The van der Waals surface area contributed by atoms with Gasteiger partial charge in [0.15, 0.2) is 0 Å². The van der Waals surface area contributed by atoms with Crippen molar-refractivity contribution in [3.8, 4) is 5.75 Å². The number of sulfonamides is 1. The van der Waals surface area contributed by atoms with Crippen LogP contribution in [0.3, 0.4) is 0 Å². The van der Waals surface area contributed by atoms with E-state index in [4.69, 9.17) is 5.73 Å². The van der Waals surface area contributed by atoms with Crippen molar-refractivity contribution in [3.63, 3.8) is 0 Å². The summed E-state index contributed by atoms with van der Waals surface area (Å²) in [5.74, 6) is -0.224. The van der Waals surface area contributed by atoms with Gasteiger partial charge in [0.2, 0.25) is 10.0 Å². The Morgan fingerprint density at radius 1 is 1.44 bits per heavy atom. The van der Waals surface area contributed by atoms with E-state index in [0.717, 1.165) is 18.9 Å². The van der Waals surface area contributed by atoms with Crippen LogP contribution < -0.4 is 10.5 Å². The number of rotatable bonds is 5. The molecule has 0 aliphatic rings. The minimum absolute atomic E-state index is 0.0234. The average molecular weight is 244 g/mol. The lowest BCUT2D eigenvalue weighted by Crippen LogP contribution is -2.24. The standard InChI is InChI=1S/C10H16N2O3S/c1-2-3-6-12-16(14,15)8-4-5-9(11)10(13)7-8/h4-5,7,12-13H,2-3,6,11H2,1H3. The van der Waals surface area contributed by atoms with Crippen molar-refractivity contribution in [2.75, 3.05) is 12.3 Å². The predicted molar refractivity (Wildman–Crippen MR) is 62.6 cm³/mol. The molecule has 0 aromatic heterocycles. The van der Waals surface area contributed by atoms with Crippen molar-refractivity contribution in [2.24, 2.45) is 0 Å². The van der Waals surface area contributed by atoms with Crippen LogP contribution in [0.5, 0.6) is 5.75 Å². The molecule has 6 heteroatoms. The van der Waals surface area contributed by atoms with Gasteiger partial charge in [0.05, 0.1) is 10.6 Å². The number of aromatic hydroxyl groups is 1. The number of nitrogens with one attached hydrogen (secondary N) is 1. The van der Waals surface area contributed by atoms with E-state index in [0.29, 0.717) is 6.54 Å². The molecular weight excluding hydrogens is 228 g/mol. The molecule has 5 nitrogen and oxygen atoms in total. The molecule has 1 rings (SSSR count). The summed E-state index contributed by atoms with van der Waals surface area (Å²) in [4.78, 5) is 0.0234. The van der Waals surface area contributed by atoms with Gasteiger partial charge in [0, 0.05) is 12.6 Å². The number of anilines is 1. The molecule has 0 saturated heterocycles. The van der Waals surface area contributed by atoms with Gasteiger partial charge in [-0.1, -0.05) is 13.3 Å². The molecule has 0 saturated carbocycles. The fourth-order valence-electron chi connectivity index (χ4n) is 1.16. The van der Waals surface area contributed by atoms with Crippen LogP contribution in [-0.4, -0.2) is 20.1 Å². The maximum atomic E-state index is 11.7. The van der Waals surface area contributed by atoms with Gasteiger partial charge in [-0.25, -0.2) is 13.1 Å². The minimum Gasteiger partial charge on any atom is -0.506 e. The molecule has 0 unspecified atom stereocenters. The summed E-state index contributed by atoms with van der Waals surface area (Å²) in [5, 5.41) is 9.32. The molecule has 0 aliphatic heterocycles. The number of unbranched alkanes of at least 4 members (excludes halogenated alkanes) is 1. The smallest absolute Gasteiger partial charge is 0.240 e. The topological polar surface area (TPSA) is 92.4 Å². The second-order valence-corrected chi connectivity index (χ2v) is 5.24. The van der Waals surface area contributed by atoms with Crippen LogP contribution in [0.4, 0.5) is 5.69 Å². The maximum Gasteiger partial charge on any atom is 0.240 e. The van der Waals surface area contributed by atoms with Crippen molar-refractivity contribution in [1.82, 2.24) is 4.72 Å². The van der Waals surface area contributed by atoms with E-state index in [1.165, 1.54) is 12.1 Å². The number of nitrogens with two attached hydrogens (primary N) is 1. The SMILES string of the molecule is CCCCNS(=O)(=O)c1ccc(N)c(O)c1. The number of benzene rings is 1. The fourth-order valence-corrected chi connectivity index (χ4v) is 2.25. The van der Waals surface area contributed by atoms with Gasteiger partial charge >= 0.3 is 0 Å². The van der Waals surface area contributed by atoms with E-state index >= 15 is 0 Å². The summed E-state index contributed by atoms with van der Waals surface area (Å²) in [5.41, 5.74) is 5.55. The molecule has 0 atom stereocenters. The van der Waals surface area contributed by atoms with E-state index in [1.54, 1.807) is 0 Å². The summed E-state index contributed by atoms with van der Waals surface area (Å²) in [6, 6.07) is 3.87. The Hall–Kier alpha value is -1.27. The normalized spacial score (nSPS) is 11.6. The first kappa shape index (κ1) is 12.8. The molecule has 4 N–H and O–H groups in total. The maximum absolute atomic E-state index is 11.7. The van der Waals surface area contributed by atoms with Gasteiger partial charge in [-0.2, -0.15) is 0 Å². The highest BCUT2D eigenvalue weighted by Crippen LogP contribution is 2.23. The van der Waals surface area contributed by atoms with E-state index < -0.39 is 10.0 Å². The van der Waals surface area contributed by atoms with Crippen LogP contribution in [0.15, 0.2) is 23.1 Å². The molecule has 0 amide bonds. The third-order valence-electron chi connectivity index (χ3n) is 2.13. The van der Waals surface area contributed by atoms with Crippen molar-refractivity contribution in [3.05, 3.63) is 18.2 Å². The molecule has 0 heterocycles. The van der Waals surface area contributed by atoms with Crippen LogP contribution in [-0.2, 0) is 10.0 Å². The summed E-state index contributed by atoms with van der Waals surface area (Å²) in [7, 11) is -3.54. The van der Waals surface area contributed by atoms with Crippen LogP contribution in [0.25, 0.3) is 0 Å². The lowest BCUT2D eigenvalue weighted by molar-refractivity contribution is 0.475. The first-order valence-electron chi connectivity index (χ1n) is 5.05. The molecular formula is C10H16N2O3S. The van der Waals surface area contributed by atoms with Gasteiger partial charge in [-0.15, -0.1) is 0 Å². The minimum atomic E-state index is -3.54. The highest BCUT2D eigenvalue weighted by molar-refractivity contribution is 7.89. The number of hydrogen-bond acceptors (Lipinski definition) is 4. The van der Waals surface area contributed by atoms with Crippen molar-refractivity contribution in [1.29, 1.82) is 0 Å². The van der Waals surface area contributed by atoms with Crippen molar-refractivity contribution < 1.29 is 13.5 Å². The fraction of sp³-hybridized carbons (Fsp3) is 0.400. The summed E-state index contributed by atoms with van der Waals surface area (Å²) >= 11 is 0. The Bertz CT molecular complexity index is 457. The second kappa shape index (κ2) is 5.18. The van der Waals surface area contributed by atoms with Gasteiger partial charge in [-0.05, 0) is 18.6 Å². The molecule has 0 aliphatic carbocycles. The quantitative estimate of drug-likeness (QED) is 0.410. The molecule has 1 aromatic carbocycles. The van der Waals surface area contributed by atoms with Crippen molar-refractivity contribution >= 4 is 15.7 Å². The number of nitrogen functional groups attached to an aromatic ring is 1. The molecule has 16 heavy (non-hydrogen) atoms. The molecule has 0 bridgehead atoms. The Balaban J connectivity index is 2.86. The predicted octanol–water partition coefficient (Wildman–Crippen LogP) is 1.05. The monoisotopic (exact) mass is 244 g/mol. The lowest BCUT2D eigenvalue weighted by atomic mass is 10.3. The molecule has 0 spiro atoms. The Morgan fingerprint density at radius 2 is 2.12 bits per heavy atom. The summed E-state index contributed by atoms with van der Waals surface area (Å²) in [6.45, 7) is 2.37. The number of phenolic OH excluding ortho intramolecular Hbond substituents is 1. The van der Waals surface area contributed by atoms with Crippen LogP contribution >= 0.6 is 0 Å². The van der Waals surface area contributed by atoms with E-state index in [1.807, 2.05) is 6.92 Å². The zero-order valence-corrected chi connectivity index (χ0v) is 9.92. The summed E-state index contributed by atoms with van der Waals surface area (Å²) in [6.07, 6.45) is 1.69. The number of hydrogen-bond donors (Lipinski definition) is 3. The third-order valence-corrected chi connectivity index (χ3v) is 3.59. The average Bonchev–Trinajstić information content (AvgIpc) is 2.22. The Morgan fingerprint density at radius 3 is 2.69 bits per heavy atom. The summed E-state index contributed by atoms with van der Waals surface area (Å²) < 4.78 is 25.9. The first-order chi connectivity index (χ1) is 7.47. The Kier molecular flexibility index (Phi) is 4.14. The molecule has 90 valence electrons. The lowest BCUT2D eigenvalue weighted by Gasteiger charge is -2.07. The van der Waals surface area contributed by atoms with E-state index in [2.05, 4.69) is 4.72 Å². The van der Waals surface area contributed by atoms with Gasteiger partial charge in [-0.3, -0.25) is 0 Å². The highest BCUT2D eigenvalue weighted by Gasteiger charge is 2.14. The van der Waals surface area contributed by atoms with Crippen LogP contribution in [0.1, 0.15) is 19.8 Å². The largest absolute Gasteiger partial charge is 0.506 e. The Labute approximate surface area is 95.3 Å². The molecule has 0 radical (unpaired) electrons. The van der Waals surface area contributed by atoms with Crippen LogP contribution in [0, 0.1) is 0 Å². The molecule has 1 aromatic rings. The second-order valence-electron chi connectivity index (χ2n) is 3.47. The van der Waals surface area contributed by atoms with Gasteiger partial charge in [0.25, 0.3) is 0 Å². The van der Waals surface area contributed by atoms with E-state index in [9.17, 15) is 13.5 Å². The highest BCUT2D eigenvalue weighted by atomic mass is 32.2. The van der Waals surface area contributed by atoms with Gasteiger partial charge in [0.1, 0.15) is 5.75 Å². The van der Waals surface area contributed by atoms with E-state index in [-0.39, 0.29) is 16.3 Å². The zero-order valence-electron chi connectivity index (χ0n) is 9.10. The first-order valence-corrected chi connectivity index (χ1v) is 6.54. The zero-order chi connectivity index (χ0) is 12.2. The number of phenols is 1. The van der Waals surface area contributed by atoms with Crippen molar-refractivity contribution in [2.45, 2.75) is 24.7 Å².